The highest BCUT2D eigenvalue weighted by molar-refractivity contribution is 6.33. The average Bonchev–Trinajstić information content (AvgIpc) is 3.40. The van der Waals surface area contributed by atoms with Crippen LogP contribution in [0.25, 0.3) is 0 Å². The van der Waals surface area contributed by atoms with Gasteiger partial charge in [0.15, 0.2) is 0 Å². The van der Waals surface area contributed by atoms with Gasteiger partial charge in [0, 0.05) is 38.8 Å². The van der Waals surface area contributed by atoms with E-state index in [0.29, 0.717) is 19.8 Å². The maximum absolute atomic E-state index is 11.3. The summed E-state index contributed by atoms with van der Waals surface area (Å²) in [6.07, 6.45) is 7.92. The van der Waals surface area contributed by atoms with E-state index in [1.807, 2.05) is 33.0 Å². The van der Waals surface area contributed by atoms with E-state index in [4.69, 9.17) is 13.9 Å². The molecule has 0 unspecified atom stereocenters. The van der Waals surface area contributed by atoms with Crippen molar-refractivity contribution in [2.45, 2.75) is 26.3 Å². The summed E-state index contributed by atoms with van der Waals surface area (Å²) in [5.74, 6) is 0.784. The number of aryl methyl sites for hydroxylation is 1. The lowest BCUT2D eigenvalue weighted by atomic mass is 9.93. The first-order valence-electron chi connectivity index (χ1n) is 8.09. The Hall–Kier alpha value is -2.21. The molecule has 0 saturated heterocycles. The first-order chi connectivity index (χ1) is 11.7. The molecule has 0 aromatic carbocycles. The third kappa shape index (κ3) is 5.46. The van der Waals surface area contributed by atoms with E-state index < -0.39 is 0 Å². The van der Waals surface area contributed by atoms with Gasteiger partial charge >= 0.3 is 0 Å². The van der Waals surface area contributed by atoms with E-state index >= 15 is 0 Å². The van der Waals surface area contributed by atoms with Gasteiger partial charge in [-0.05, 0) is 35.6 Å². The molecule has 6 heteroatoms. The molecule has 1 heterocycles. The van der Waals surface area contributed by atoms with Gasteiger partial charge in [-0.3, -0.25) is 4.79 Å². The van der Waals surface area contributed by atoms with Crippen LogP contribution in [0.1, 0.15) is 24.0 Å². The SMILES string of the molecule is Bc1coccc(C)c(OCCCOC)cc1CN(C=O)C1=CC1. The van der Waals surface area contributed by atoms with Crippen LogP contribution < -0.4 is 10.2 Å². The molecular weight excluding hydrogens is 305 g/mol. The van der Waals surface area contributed by atoms with Gasteiger partial charge in [0.25, 0.3) is 0 Å². The fourth-order valence-corrected chi connectivity index (χ4v) is 2.21. The molecule has 24 heavy (non-hydrogen) atoms. The van der Waals surface area contributed by atoms with Gasteiger partial charge in [-0.15, -0.1) is 0 Å². The molecule has 1 aliphatic rings. The van der Waals surface area contributed by atoms with Crippen LogP contribution in [0.5, 0.6) is 5.75 Å². The van der Waals surface area contributed by atoms with Crippen LogP contribution in [-0.4, -0.2) is 39.5 Å². The Bertz CT molecular complexity index is 653. The number of allylic oxidation sites excluding steroid dienone is 2. The normalized spacial score (nSPS) is 12.2. The van der Waals surface area contributed by atoms with Crippen LogP contribution in [-0.2, 0) is 16.1 Å². The van der Waals surface area contributed by atoms with Crippen LogP contribution in [0.15, 0.2) is 40.8 Å². The van der Waals surface area contributed by atoms with Crippen molar-refractivity contribution in [2.75, 3.05) is 20.3 Å². The van der Waals surface area contributed by atoms with Crippen LogP contribution >= 0.6 is 0 Å². The van der Waals surface area contributed by atoms with Gasteiger partial charge in [-0.1, -0.05) is 6.08 Å². The van der Waals surface area contributed by atoms with Gasteiger partial charge in [-0.2, -0.15) is 0 Å². The molecule has 1 amide bonds. The first kappa shape index (κ1) is 18.1. The van der Waals surface area contributed by atoms with Crippen molar-refractivity contribution >= 4 is 19.7 Å². The maximum Gasteiger partial charge on any atom is 0.214 e. The number of ether oxygens (including phenoxy) is 2. The van der Waals surface area contributed by atoms with Gasteiger partial charge in [0.05, 0.1) is 19.1 Å². The van der Waals surface area contributed by atoms with Crippen LogP contribution in [0.2, 0.25) is 0 Å². The van der Waals surface area contributed by atoms with E-state index in [1.54, 1.807) is 24.5 Å². The molecule has 0 bridgehead atoms. The molecule has 0 saturated carbocycles. The number of rotatable bonds is 9. The highest BCUT2D eigenvalue weighted by Crippen LogP contribution is 2.24. The lowest BCUT2D eigenvalue weighted by molar-refractivity contribution is -0.116. The highest BCUT2D eigenvalue weighted by Gasteiger charge is 2.17. The van der Waals surface area contributed by atoms with Crippen molar-refractivity contribution in [3.8, 4) is 5.75 Å². The van der Waals surface area contributed by atoms with E-state index in [9.17, 15) is 4.79 Å². The fraction of sp³-hybridized carbons (Fsp3) is 0.389. The van der Waals surface area contributed by atoms with E-state index in [0.717, 1.165) is 47.3 Å². The molecule has 0 atom stereocenters. The van der Waals surface area contributed by atoms with E-state index in [2.05, 4.69) is 0 Å². The Kier molecular flexibility index (Phi) is 6.94. The van der Waals surface area contributed by atoms with Crippen molar-refractivity contribution in [2.24, 2.45) is 0 Å². The molecule has 128 valence electrons. The standard InChI is InChI=1S/C18H24BNO4/c1-14-6-9-23-12-17(19)15(11-20(13-21)16-4-5-16)10-18(14)24-8-3-7-22-2/h4,6,9-10,12-13H,3,5,7-8,11,19H2,1-2H3. The van der Waals surface area contributed by atoms with Crippen LogP contribution in [0, 0.1) is 6.92 Å². The number of methoxy groups -OCH3 is 1. The Labute approximate surface area is 144 Å². The summed E-state index contributed by atoms with van der Waals surface area (Å²) in [5, 5.41) is 0. The lowest BCUT2D eigenvalue weighted by Gasteiger charge is -2.15. The second-order valence-electron chi connectivity index (χ2n) is 5.78. The molecule has 0 radical (unpaired) electrons. The molecule has 5 nitrogen and oxygen atoms in total. The molecule has 1 aromatic heterocycles. The zero-order valence-corrected chi connectivity index (χ0v) is 14.6. The van der Waals surface area contributed by atoms with Crippen molar-refractivity contribution < 1.29 is 18.7 Å². The van der Waals surface area contributed by atoms with Crippen molar-refractivity contribution in [3.63, 3.8) is 0 Å². The number of carbonyl (C=O) groups excluding carboxylic acids is 1. The predicted octanol–water partition coefficient (Wildman–Crippen LogP) is 1.63. The number of carbonyl (C=O) groups is 1. The molecule has 1 aromatic rings. The summed E-state index contributed by atoms with van der Waals surface area (Å²) in [4.78, 5) is 13.0. The highest BCUT2D eigenvalue weighted by atomic mass is 16.5. The topological polar surface area (TPSA) is 51.9 Å². The molecule has 1 aliphatic carbocycles. The van der Waals surface area contributed by atoms with Crippen molar-refractivity contribution in [1.29, 1.82) is 0 Å². The fourth-order valence-electron chi connectivity index (χ4n) is 2.21. The van der Waals surface area contributed by atoms with Crippen molar-refractivity contribution in [3.05, 3.63) is 47.6 Å². The monoisotopic (exact) mass is 329 g/mol. The zero-order chi connectivity index (χ0) is 17.4. The van der Waals surface area contributed by atoms with Gasteiger partial charge in [0.1, 0.15) is 13.6 Å². The second kappa shape index (κ2) is 9.18. The van der Waals surface area contributed by atoms with Gasteiger partial charge in [-0.25, -0.2) is 0 Å². The van der Waals surface area contributed by atoms with Crippen molar-refractivity contribution in [1.82, 2.24) is 4.90 Å². The van der Waals surface area contributed by atoms with Gasteiger partial charge < -0.3 is 18.8 Å². The summed E-state index contributed by atoms with van der Waals surface area (Å²) in [5.41, 5.74) is 3.97. The quantitative estimate of drug-likeness (QED) is 0.393. The summed E-state index contributed by atoms with van der Waals surface area (Å²) in [6, 6.07) is 3.86. The summed E-state index contributed by atoms with van der Waals surface area (Å²) < 4.78 is 16.4. The molecule has 0 fully saturated rings. The number of hydrogen-bond acceptors (Lipinski definition) is 4. The molecule has 0 N–H and O–H groups in total. The van der Waals surface area contributed by atoms with Gasteiger partial charge in [0.2, 0.25) is 6.41 Å². The van der Waals surface area contributed by atoms with Crippen LogP contribution in [0.4, 0.5) is 0 Å². The predicted molar refractivity (Wildman–Crippen MR) is 95.5 cm³/mol. The Morgan fingerprint density at radius 1 is 1.42 bits per heavy atom. The molecule has 0 aliphatic heterocycles. The molecule has 2 rings (SSSR count). The number of hydrogen-bond donors (Lipinski definition) is 0. The maximum atomic E-state index is 11.3. The number of amides is 1. The van der Waals surface area contributed by atoms with E-state index in [1.165, 1.54) is 0 Å². The van der Waals surface area contributed by atoms with Crippen LogP contribution in [0.3, 0.4) is 0 Å². The smallest absolute Gasteiger partial charge is 0.214 e. The Balaban J connectivity index is 2.30. The summed E-state index contributed by atoms with van der Waals surface area (Å²) >= 11 is 0. The number of nitrogens with zero attached hydrogens (tertiary/aromatic N) is 1. The summed E-state index contributed by atoms with van der Waals surface area (Å²) in [6.45, 7) is 3.71. The minimum atomic E-state index is 0.499. The minimum Gasteiger partial charge on any atom is -0.493 e. The molecular formula is C18H24BNO4. The first-order valence-corrected chi connectivity index (χ1v) is 8.09. The Morgan fingerprint density at radius 3 is 2.88 bits per heavy atom. The lowest BCUT2D eigenvalue weighted by Crippen LogP contribution is -2.21. The average molecular weight is 329 g/mol. The summed E-state index contributed by atoms with van der Waals surface area (Å²) in [7, 11) is 3.64. The zero-order valence-electron chi connectivity index (χ0n) is 14.6. The minimum absolute atomic E-state index is 0.499. The largest absolute Gasteiger partial charge is 0.493 e. The third-order valence-corrected chi connectivity index (χ3v) is 3.82. The van der Waals surface area contributed by atoms with E-state index in [-0.39, 0.29) is 0 Å². The second-order valence-corrected chi connectivity index (χ2v) is 5.78. The Morgan fingerprint density at radius 2 is 2.21 bits per heavy atom. The molecule has 0 spiro atoms. The third-order valence-electron chi connectivity index (χ3n) is 3.82.